The molecule has 0 unspecified atom stereocenters. The first kappa shape index (κ1) is 18.9. The molecular weight excluding hydrogens is 336 g/mol. The molecule has 2 aromatic rings. The lowest BCUT2D eigenvalue weighted by Gasteiger charge is -2.10. The molecule has 2 aromatic carbocycles. The molecule has 2 rings (SSSR count). The van der Waals surface area contributed by atoms with Gasteiger partial charge < -0.3 is 15.4 Å². The second-order valence-corrected chi connectivity index (χ2v) is 6.33. The Bertz CT molecular complexity index is 717. The van der Waals surface area contributed by atoms with E-state index in [4.69, 9.17) is 4.74 Å². The minimum atomic E-state index is -0.125. The van der Waals surface area contributed by atoms with Gasteiger partial charge in [-0.3, -0.25) is 9.59 Å². The number of ether oxygens (including phenoxy) is 1. The first-order valence-corrected chi connectivity index (χ1v) is 9.20. The Morgan fingerprint density at radius 3 is 2.28 bits per heavy atom. The van der Waals surface area contributed by atoms with Gasteiger partial charge in [0.05, 0.1) is 12.4 Å². The molecule has 5 nitrogen and oxygen atoms in total. The smallest absolute Gasteiger partial charge is 0.234 e. The molecule has 0 spiro atoms. The molecule has 0 heterocycles. The molecule has 6 heteroatoms. The summed E-state index contributed by atoms with van der Waals surface area (Å²) in [6.07, 6.45) is 0. The molecular formula is C19H22N2O3S. The van der Waals surface area contributed by atoms with Gasteiger partial charge in [-0.25, -0.2) is 0 Å². The molecule has 0 radical (unpaired) electrons. The van der Waals surface area contributed by atoms with Gasteiger partial charge in [0, 0.05) is 29.6 Å². The standard InChI is InChI=1S/C19H22N2O3S/c1-3-24-18-7-5-4-6-15(18)12-25-13-19(23)21-17-10-8-16(9-11-17)20-14(2)22/h4-11H,3,12-13H2,1-2H3,(H,20,22)(H,21,23). The largest absolute Gasteiger partial charge is 0.494 e. The van der Waals surface area contributed by atoms with E-state index in [2.05, 4.69) is 10.6 Å². The molecule has 132 valence electrons. The van der Waals surface area contributed by atoms with Crippen LogP contribution in [0, 0.1) is 0 Å². The SMILES string of the molecule is CCOc1ccccc1CSCC(=O)Nc1ccc(NC(C)=O)cc1. The van der Waals surface area contributed by atoms with Crippen molar-refractivity contribution in [2.75, 3.05) is 23.0 Å². The van der Waals surface area contributed by atoms with Crippen molar-refractivity contribution in [3.63, 3.8) is 0 Å². The fraction of sp³-hybridized carbons (Fsp3) is 0.263. The summed E-state index contributed by atoms with van der Waals surface area (Å²) in [6.45, 7) is 4.03. The zero-order valence-corrected chi connectivity index (χ0v) is 15.2. The zero-order chi connectivity index (χ0) is 18.1. The number of anilines is 2. The average Bonchev–Trinajstić information content (AvgIpc) is 2.58. The summed E-state index contributed by atoms with van der Waals surface area (Å²) >= 11 is 1.54. The van der Waals surface area contributed by atoms with E-state index in [1.807, 2.05) is 31.2 Å². The molecule has 0 aromatic heterocycles. The quantitative estimate of drug-likeness (QED) is 0.751. The van der Waals surface area contributed by atoms with Crippen LogP contribution in [-0.2, 0) is 15.3 Å². The minimum Gasteiger partial charge on any atom is -0.494 e. The molecule has 0 atom stereocenters. The molecule has 0 bridgehead atoms. The fourth-order valence-electron chi connectivity index (χ4n) is 2.21. The lowest BCUT2D eigenvalue weighted by atomic mass is 10.2. The van der Waals surface area contributed by atoms with Crippen molar-refractivity contribution in [3.8, 4) is 5.75 Å². The summed E-state index contributed by atoms with van der Waals surface area (Å²) in [4.78, 5) is 23.0. The number of hydrogen-bond donors (Lipinski definition) is 2. The van der Waals surface area contributed by atoms with Gasteiger partial charge in [-0.15, -0.1) is 11.8 Å². The highest BCUT2D eigenvalue weighted by Gasteiger charge is 2.06. The van der Waals surface area contributed by atoms with Crippen molar-refractivity contribution in [1.82, 2.24) is 0 Å². The van der Waals surface area contributed by atoms with Crippen molar-refractivity contribution >= 4 is 35.0 Å². The van der Waals surface area contributed by atoms with Gasteiger partial charge in [0.15, 0.2) is 0 Å². The van der Waals surface area contributed by atoms with Gasteiger partial charge in [-0.1, -0.05) is 18.2 Å². The van der Waals surface area contributed by atoms with Crippen molar-refractivity contribution in [3.05, 3.63) is 54.1 Å². The monoisotopic (exact) mass is 358 g/mol. The van der Waals surface area contributed by atoms with Crippen molar-refractivity contribution in [2.24, 2.45) is 0 Å². The Morgan fingerprint density at radius 2 is 1.64 bits per heavy atom. The number of benzene rings is 2. The Balaban J connectivity index is 1.80. The van der Waals surface area contributed by atoms with Crippen LogP contribution in [0.1, 0.15) is 19.4 Å². The predicted molar refractivity (Wildman–Crippen MR) is 103 cm³/mol. The van der Waals surface area contributed by atoms with Gasteiger partial charge >= 0.3 is 0 Å². The second-order valence-electron chi connectivity index (χ2n) is 5.34. The van der Waals surface area contributed by atoms with E-state index in [9.17, 15) is 9.59 Å². The van der Waals surface area contributed by atoms with Crippen molar-refractivity contribution in [1.29, 1.82) is 0 Å². The number of nitrogens with one attached hydrogen (secondary N) is 2. The van der Waals surface area contributed by atoms with Gasteiger partial charge in [0.1, 0.15) is 5.75 Å². The van der Waals surface area contributed by atoms with Crippen LogP contribution >= 0.6 is 11.8 Å². The minimum absolute atomic E-state index is 0.0637. The highest BCUT2D eigenvalue weighted by Crippen LogP contribution is 2.23. The summed E-state index contributed by atoms with van der Waals surface area (Å²) < 4.78 is 5.58. The summed E-state index contributed by atoms with van der Waals surface area (Å²) in [5.74, 6) is 1.75. The highest BCUT2D eigenvalue weighted by atomic mass is 32.2. The number of hydrogen-bond acceptors (Lipinski definition) is 4. The van der Waals surface area contributed by atoms with Crippen molar-refractivity contribution in [2.45, 2.75) is 19.6 Å². The summed E-state index contributed by atoms with van der Waals surface area (Å²) in [5.41, 5.74) is 2.49. The van der Waals surface area contributed by atoms with Gasteiger partial charge in [0.2, 0.25) is 11.8 Å². The third kappa shape index (κ3) is 6.51. The van der Waals surface area contributed by atoms with E-state index >= 15 is 0 Å². The van der Waals surface area contributed by atoms with E-state index in [0.717, 1.165) is 11.3 Å². The van der Waals surface area contributed by atoms with E-state index < -0.39 is 0 Å². The molecule has 0 aliphatic heterocycles. The van der Waals surface area contributed by atoms with E-state index in [-0.39, 0.29) is 11.8 Å². The lowest BCUT2D eigenvalue weighted by molar-refractivity contribution is -0.114. The topological polar surface area (TPSA) is 67.4 Å². The van der Waals surface area contributed by atoms with Crippen LogP contribution in [0.15, 0.2) is 48.5 Å². The summed E-state index contributed by atoms with van der Waals surface area (Å²) in [5, 5.41) is 5.53. The van der Waals surface area contributed by atoms with Crippen LogP contribution in [0.2, 0.25) is 0 Å². The summed E-state index contributed by atoms with van der Waals surface area (Å²) in [7, 11) is 0. The molecule has 25 heavy (non-hydrogen) atoms. The Labute approximate surface area is 152 Å². The zero-order valence-electron chi connectivity index (χ0n) is 14.4. The van der Waals surface area contributed by atoms with E-state index in [1.165, 1.54) is 18.7 Å². The van der Waals surface area contributed by atoms with Crippen LogP contribution in [-0.4, -0.2) is 24.2 Å². The summed E-state index contributed by atoms with van der Waals surface area (Å²) in [6, 6.07) is 14.9. The molecule has 2 amide bonds. The molecule has 0 saturated heterocycles. The maximum Gasteiger partial charge on any atom is 0.234 e. The van der Waals surface area contributed by atoms with Crippen LogP contribution in [0.4, 0.5) is 11.4 Å². The van der Waals surface area contributed by atoms with E-state index in [1.54, 1.807) is 24.3 Å². The predicted octanol–water partition coefficient (Wildman–Crippen LogP) is 3.92. The third-order valence-electron chi connectivity index (χ3n) is 3.25. The first-order valence-electron chi connectivity index (χ1n) is 8.04. The van der Waals surface area contributed by atoms with E-state index in [0.29, 0.717) is 29.5 Å². The Kier molecular flexibility index (Phi) is 7.35. The molecule has 0 aliphatic carbocycles. The number of rotatable bonds is 8. The normalized spacial score (nSPS) is 10.2. The molecule has 0 saturated carbocycles. The van der Waals surface area contributed by atoms with Gasteiger partial charge in [-0.2, -0.15) is 0 Å². The number of carbonyl (C=O) groups is 2. The molecule has 2 N–H and O–H groups in total. The average molecular weight is 358 g/mol. The second kappa shape index (κ2) is 9.74. The van der Waals surface area contributed by atoms with Crippen LogP contribution in [0.25, 0.3) is 0 Å². The third-order valence-corrected chi connectivity index (χ3v) is 4.23. The van der Waals surface area contributed by atoms with Crippen LogP contribution in [0.3, 0.4) is 0 Å². The Hall–Kier alpha value is -2.47. The first-order chi connectivity index (χ1) is 12.1. The number of amides is 2. The Morgan fingerprint density at radius 1 is 1.00 bits per heavy atom. The maximum atomic E-state index is 12.0. The molecule has 0 aliphatic rings. The van der Waals surface area contributed by atoms with Gasteiger partial charge in [-0.05, 0) is 37.3 Å². The van der Waals surface area contributed by atoms with Crippen LogP contribution < -0.4 is 15.4 Å². The number of carbonyl (C=O) groups excluding carboxylic acids is 2. The fourth-order valence-corrected chi connectivity index (χ4v) is 3.03. The number of thioether (sulfide) groups is 1. The van der Waals surface area contributed by atoms with Crippen LogP contribution in [0.5, 0.6) is 5.75 Å². The maximum absolute atomic E-state index is 12.0. The molecule has 0 fully saturated rings. The number of para-hydroxylation sites is 1. The van der Waals surface area contributed by atoms with Crippen molar-refractivity contribution < 1.29 is 14.3 Å². The highest BCUT2D eigenvalue weighted by molar-refractivity contribution is 7.99. The lowest BCUT2D eigenvalue weighted by Crippen LogP contribution is -2.14. The van der Waals surface area contributed by atoms with Gasteiger partial charge in [0.25, 0.3) is 0 Å².